The Labute approximate surface area is 189 Å². The molecule has 2 unspecified atom stereocenters. The van der Waals surface area contributed by atoms with Crippen molar-refractivity contribution in [2.75, 3.05) is 60.0 Å². The first-order chi connectivity index (χ1) is 15.1. The van der Waals surface area contributed by atoms with Gasteiger partial charge in [0.1, 0.15) is 5.82 Å². The van der Waals surface area contributed by atoms with E-state index >= 15 is 0 Å². The third-order valence-electron chi connectivity index (χ3n) is 5.47. The van der Waals surface area contributed by atoms with Gasteiger partial charge in [0.2, 0.25) is 0 Å². The summed E-state index contributed by atoms with van der Waals surface area (Å²) in [6, 6.07) is 11.4. The summed E-state index contributed by atoms with van der Waals surface area (Å²) >= 11 is 1.78. The van der Waals surface area contributed by atoms with E-state index in [0.717, 1.165) is 44.4 Å². The Morgan fingerprint density at radius 3 is 2.55 bits per heavy atom. The minimum atomic E-state index is -0.216. The van der Waals surface area contributed by atoms with Crippen molar-refractivity contribution >= 4 is 17.3 Å². The minimum absolute atomic E-state index is 0.108. The Morgan fingerprint density at radius 1 is 1.19 bits per heavy atom. The second-order valence-corrected chi connectivity index (χ2v) is 8.79. The van der Waals surface area contributed by atoms with Gasteiger partial charge in [-0.3, -0.25) is 9.89 Å². The van der Waals surface area contributed by atoms with Crippen molar-refractivity contribution in [3.8, 4) is 0 Å². The van der Waals surface area contributed by atoms with Crippen molar-refractivity contribution in [2.45, 2.75) is 19.0 Å². The first kappa shape index (κ1) is 23.7. The number of guanidine groups is 1. The summed E-state index contributed by atoms with van der Waals surface area (Å²) in [6.45, 7) is 7.60. The van der Waals surface area contributed by atoms with Crippen LogP contribution < -0.4 is 10.6 Å². The molecule has 2 atom stereocenters. The lowest BCUT2D eigenvalue weighted by molar-refractivity contribution is 0.0186. The van der Waals surface area contributed by atoms with Crippen molar-refractivity contribution in [1.82, 2.24) is 20.4 Å². The van der Waals surface area contributed by atoms with Crippen LogP contribution in [-0.2, 0) is 4.74 Å². The molecule has 2 aromatic rings. The van der Waals surface area contributed by atoms with Crippen LogP contribution in [0, 0.1) is 5.82 Å². The quantitative estimate of drug-likeness (QED) is 0.457. The number of nitrogens with zero attached hydrogens (tertiary/aromatic N) is 3. The van der Waals surface area contributed by atoms with Gasteiger partial charge in [-0.15, -0.1) is 11.3 Å². The van der Waals surface area contributed by atoms with Crippen LogP contribution in [0.4, 0.5) is 4.39 Å². The lowest BCUT2D eigenvalue weighted by atomic mass is 10.1. The SMILES string of the molecule is CCNC(=NCC(c1cccs1)N1CCOCC1)NCC(c1ccc(F)cc1)N(C)C. The summed E-state index contributed by atoms with van der Waals surface area (Å²) in [5, 5.41) is 8.97. The molecule has 0 radical (unpaired) electrons. The molecule has 1 aliphatic heterocycles. The number of thiophene rings is 1. The first-order valence-corrected chi connectivity index (χ1v) is 11.8. The molecule has 0 amide bonds. The maximum atomic E-state index is 13.3. The van der Waals surface area contributed by atoms with Gasteiger partial charge in [-0.2, -0.15) is 0 Å². The van der Waals surface area contributed by atoms with Crippen LogP contribution in [0.1, 0.15) is 29.4 Å². The highest BCUT2D eigenvalue weighted by atomic mass is 32.1. The van der Waals surface area contributed by atoms with E-state index < -0.39 is 0 Å². The summed E-state index contributed by atoms with van der Waals surface area (Å²) in [6.07, 6.45) is 0. The van der Waals surface area contributed by atoms with Crippen LogP contribution in [-0.4, -0.2) is 75.8 Å². The van der Waals surface area contributed by atoms with Crippen LogP contribution >= 0.6 is 11.3 Å². The predicted octanol–water partition coefficient (Wildman–Crippen LogP) is 3.12. The van der Waals surface area contributed by atoms with Crippen molar-refractivity contribution < 1.29 is 9.13 Å². The van der Waals surface area contributed by atoms with Gasteiger partial charge < -0.3 is 20.3 Å². The molecule has 2 heterocycles. The van der Waals surface area contributed by atoms with E-state index in [2.05, 4.69) is 44.9 Å². The topological polar surface area (TPSA) is 52.1 Å². The number of ether oxygens (including phenoxy) is 1. The van der Waals surface area contributed by atoms with E-state index in [-0.39, 0.29) is 17.9 Å². The van der Waals surface area contributed by atoms with Gasteiger partial charge in [0, 0.05) is 31.1 Å². The smallest absolute Gasteiger partial charge is 0.191 e. The van der Waals surface area contributed by atoms with Gasteiger partial charge in [-0.25, -0.2) is 4.39 Å². The molecule has 0 spiro atoms. The molecule has 0 bridgehead atoms. The molecule has 8 heteroatoms. The lowest BCUT2D eigenvalue weighted by Gasteiger charge is -2.33. The zero-order valence-corrected chi connectivity index (χ0v) is 19.5. The molecule has 1 aromatic carbocycles. The Balaban J connectivity index is 1.69. The summed E-state index contributed by atoms with van der Waals surface area (Å²) < 4.78 is 18.9. The number of aliphatic imine (C=N–C) groups is 1. The third-order valence-corrected chi connectivity index (χ3v) is 6.44. The fourth-order valence-corrected chi connectivity index (χ4v) is 4.60. The fourth-order valence-electron chi connectivity index (χ4n) is 3.75. The van der Waals surface area contributed by atoms with Crippen molar-refractivity contribution in [3.05, 3.63) is 58.0 Å². The number of benzene rings is 1. The van der Waals surface area contributed by atoms with Crippen molar-refractivity contribution in [2.24, 2.45) is 4.99 Å². The second-order valence-electron chi connectivity index (χ2n) is 7.81. The lowest BCUT2D eigenvalue weighted by Crippen LogP contribution is -2.43. The van der Waals surface area contributed by atoms with Gasteiger partial charge in [0.25, 0.3) is 0 Å². The van der Waals surface area contributed by atoms with Crippen molar-refractivity contribution in [3.63, 3.8) is 0 Å². The molecule has 3 rings (SSSR count). The monoisotopic (exact) mass is 447 g/mol. The van der Waals surface area contributed by atoms with Crippen LogP contribution in [0.3, 0.4) is 0 Å². The van der Waals surface area contributed by atoms with Gasteiger partial charge in [-0.05, 0) is 50.2 Å². The van der Waals surface area contributed by atoms with Crippen molar-refractivity contribution in [1.29, 1.82) is 0 Å². The Morgan fingerprint density at radius 2 is 1.94 bits per heavy atom. The van der Waals surface area contributed by atoms with E-state index in [1.807, 2.05) is 26.2 Å². The number of hydrogen-bond donors (Lipinski definition) is 2. The Hall–Kier alpha value is -2.00. The average Bonchev–Trinajstić information content (AvgIpc) is 3.30. The first-order valence-electron chi connectivity index (χ1n) is 10.9. The fraction of sp³-hybridized carbons (Fsp3) is 0.522. The number of halogens is 1. The Bertz CT molecular complexity index is 791. The number of morpholine rings is 1. The maximum Gasteiger partial charge on any atom is 0.191 e. The standard InChI is InChI=1S/C23H34FN5OS/c1-4-25-23(26-16-20(28(2)3)18-7-9-19(24)10-8-18)27-17-21(22-6-5-15-31-22)29-11-13-30-14-12-29/h5-10,15,20-21H,4,11-14,16-17H2,1-3H3,(H2,25,26,27). The predicted molar refractivity (Wildman–Crippen MR) is 126 cm³/mol. The average molecular weight is 448 g/mol. The summed E-state index contributed by atoms with van der Waals surface area (Å²) in [4.78, 5) is 10.8. The van der Waals surface area contributed by atoms with Crippen LogP contribution in [0.15, 0.2) is 46.8 Å². The minimum Gasteiger partial charge on any atom is -0.379 e. The van der Waals surface area contributed by atoms with Gasteiger partial charge in [0.15, 0.2) is 5.96 Å². The van der Waals surface area contributed by atoms with E-state index in [9.17, 15) is 4.39 Å². The molecule has 1 fully saturated rings. The zero-order chi connectivity index (χ0) is 22.1. The molecule has 170 valence electrons. The molecule has 31 heavy (non-hydrogen) atoms. The summed E-state index contributed by atoms with van der Waals surface area (Å²) in [5.74, 6) is 0.582. The number of nitrogens with one attached hydrogen (secondary N) is 2. The second kappa shape index (κ2) is 12.1. The van der Waals surface area contributed by atoms with E-state index in [0.29, 0.717) is 13.1 Å². The van der Waals surface area contributed by atoms with E-state index in [1.165, 1.54) is 17.0 Å². The van der Waals surface area contributed by atoms with Gasteiger partial charge in [-0.1, -0.05) is 18.2 Å². The maximum absolute atomic E-state index is 13.3. The van der Waals surface area contributed by atoms with Crippen LogP contribution in [0.25, 0.3) is 0 Å². The zero-order valence-electron chi connectivity index (χ0n) is 18.7. The van der Waals surface area contributed by atoms with Crippen LogP contribution in [0.5, 0.6) is 0 Å². The molecule has 0 aliphatic carbocycles. The molecule has 0 saturated carbocycles. The highest BCUT2D eigenvalue weighted by Gasteiger charge is 2.23. The number of rotatable bonds is 9. The highest BCUT2D eigenvalue weighted by molar-refractivity contribution is 7.10. The third kappa shape index (κ3) is 7.00. The van der Waals surface area contributed by atoms with E-state index in [4.69, 9.17) is 9.73 Å². The molecule has 1 aromatic heterocycles. The molecular formula is C23H34FN5OS. The summed E-state index contributed by atoms with van der Waals surface area (Å²) in [7, 11) is 4.07. The number of likely N-dealkylation sites (N-methyl/N-ethyl adjacent to an activating group) is 1. The molecule has 6 nitrogen and oxygen atoms in total. The molecule has 1 aliphatic rings. The van der Waals surface area contributed by atoms with Crippen LogP contribution in [0.2, 0.25) is 0 Å². The normalized spacial score (nSPS) is 17.5. The largest absolute Gasteiger partial charge is 0.379 e. The molecular weight excluding hydrogens is 413 g/mol. The molecule has 2 N–H and O–H groups in total. The number of hydrogen-bond acceptors (Lipinski definition) is 5. The van der Waals surface area contributed by atoms with E-state index in [1.54, 1.807) is 11.3 Å². The highest BCUT2D eigenvalue weighted by Crippen LogP contribution is 2.26. The Kier molecular flexibility index (Phi) is 9.27. The van der Waals surface area contributed by atoms with Gasteiger partial charge in [0.05, 0.1) is 31.8 Å². The molecule has 1 saturated heterocycles. The van der Waals surface area contributed by atoms with Gasteiger partial charge >= 0.3 is 0 Å². The summed E-state index contributed by atoms with van der Waals surface area (Å²) in [5.41, 5.74) is 1.07.